The molecular weight excluding hydrogens is 336 g/mol. The van der Waals surface area contributed by atoms with Gasteiger partial charge >= 0.3 is 0 Å². The molecule has 0 saturated heterocycles. The molecule has 0 spiro atoms. The van der Waals surface area contributed by atoms with Gasteiger partial charge in [-0.25, -0.2) is 0 Å². The van der Waals surface area contributed by atoms with Crippen molar-refractivity contribution in [1.29, 1.82) is 0 Å². The Bertz CT molecular complexity index is 366. The Morgan fingerprint density at radius 3 is 1.16 bits per heavy atom. The van der Waals surface area contributed by atoms with Crippen LogP contribution in [-0.4, -0.2) is 29.9 Å². The van der Waals surface area contributed by atoms with E-state index in [0.29, 0.717) is 6.42 Å². The first-order chi connectivity index (χ1) is 11.9. The van der Waals surface area contributed by atoms with Gasteiger partial charge in [0.15, 0.2) is 0 Å². The molecule has 0 radical (unpaired) electrons. The maximum atomic E-state index is 10.6. The van der Waals surface area contributed by atoms with Crippen LogP contribution in [0.1, 0.15) is 116 Å². The first-order valence-corrected chi connectivity index (χ1v) is 12.2. The lowest BCUT2D eigenvalue weighted by Crippen LogP contribution is -2.03. The normalized spacial score (nSPS) is 13.2. The Hall–Kier alpha value is -0.130. The third kappa shape index (κ3) is 23.9. The minimum atomic E-state index is -3.76. The van der Waals surface area contributed by atoms with Gasteiger partial charge in [0.05, 0.1) is 11.9 Å². The molecule has 5 heteroatoms. The molecule has 4 nitrogen and oxygen atoms in total. The highest BCUT2D eigenvalue weighted by atomic mass is 32.2. The van der Waals surface area contributed by atoms with E-state index in [0.717, 1.165) is 25.7 Å². The number of rotatable bonds is 19. The fourth-order valence-corrected chi connectivity index (χ4v) is 3.77. The van der Waals surface area contributed by atoms with E-state index in [1.807, 2.05) is 6.92 Å². The van der Waals surface area contributed by atoms with Gasteiger partial charge in [-0.15, -0.1) is 0 Å². The van der Waals surface area contributed by atoms with Crippen LogP contribution < -0.4 is 0 Å². The Morgan fingerprint density at radius 1 is 0.600 bits per heavy atom. The first-order valence-electron chi connectivity index (χ1n) is 10.5. The second-order valence-corrected chi connectivity index (χ2v) is 9.15. The highest BCUT2D eigenvalue weighted by molar-refractivity contribution is 7.85. The quantitative estimate of drug-likeness (QED) is 0.217. The molecule has 0 saturated carbocycles. The molecule has 0 amide bonds. The summed E-state index contributed by atoms with van der Waals surface area (Å²) in [5.41, 5.74) is 0. The lowest BCUT2D eigenvalue weighted by molar-refractivity contribution is 0.180. The zero-order chi connectivity index (χ0) is 18.8. The van der Waals surface area contributed by atoms with Crippen molar-refractivity contribution >= 4 is 10.1 Å². The molecule has 0 aliphatic carbocycles. The van der Waals surface area contributed by atoms with Crippen LogP contribution in [0.5, 0.6) is 0 Å². The predicted molar refractivity (Wildman–Crippen MR) is 107 cm³/mol. The molecule has 0 rings (SSSR count). The minimum Gasteiger partial charge on any atom is -0.393 e. The Kier molecular flexibility index (Phi) is 17.2. The first kappa shape index (κ1) is 24.9. The molecular formula is C20H42O4S. The van der Waals surface area contributed by atoms with Crippen molar-refractivity contribution in [1.82, 2.24) is 0 Å². The Labute approximate surface area is 156 Å². The van der Waals surface area contributed by atoms with Gasteiger partial charge in [-0.2, -0.15) is 8.42 Å². The molecule has 0 aliphatic heterocycles. The SMILES string of the molecule is CC(O)CCCCCCCCCCCCCCCCCCS(=O)(=O)O. The summed E-state index contributed by atoms with van der Waals surface area (Å²) >= 11 is 0. The van der Waals surface area contributed by atoms with Crippen LogP contribution in [0.15, 0.2) is 0 Å². The van der Waals surface area contributed by atoms with Crippen LogP contribution in [0, 0.1) is 0 Å². The fraction of sp³-hybridized carbons (Fsp3) is 1.00. The molecule has 0 aromatic heterocycles. The summed E-state index contributed by atoms with van der Waals surface area (Å²) < 4.78 is 29.7. The molecule has 0 aromatic rings. The molecule has 0 heterocycles. The minimum absolute atomic E-state index is 0.0884. The van der Waals surface area contributed by atoms with Gasteiger partial charge in [0.1, 0.15) is 0 Å². The van der Waals surface area contributed by atoms with E-state index in [2.05, 4.69) is 0 Å². The van der Waals surface area contributed by atoms with Crippen LogP contribution in [0.3, 0.4) is 0 Å². The van der Waals surface area contributed by atoms with E-state index in [1.54, 1.807) is 0 Å². The molecule has 0 bridgehead atoms. The van der Waals surface area contributed by atoms with Gasteiger partial charge in [0.2, 0.25) is 0 Å². The topological polar surface area (TPSA) is 74.6 Å². The van der Waals surface area contributed by atoms with Crippen molar-refractivity contribution in [2.75, 3.05) is 5.75 Å². The lowest BCUT2D eigenvalue weighted by atomic mass is 10.0. The van der Waals surface area contributed by atoms with Gasteiger partial charge in [-0.05, 0) is 19.8 Å². The third-order valence-electron chi connectivity index (χ3n) is 4.77. The summed E-state index contributed by atoms with van der Waals surface area (Å²) in [6, 6.07) is 0. The van der Waals surface area contributed by atoms with Crippen molar-refractivity contribution in [3.63, 3.8) is 0 Å². The van der Waals surface area contributed by atoms with Crippen LogP contribution in [-0.2, 0) is 10.1 Å². The molecule has 25 heavy (non-hydrogen) atoms. The van der Waals surface area contributed by atoms with Crippen molar-refractivity contribution in [2.45, 2.75) is 122 Å². The average molecular weight is 379 g/mol. The molecule has 1 unspecified atom stereocenters. The third-order valence-corrected chi connectivity index (χ3v) is 5.58. The van der Waals surface area contributed by atoms with Crippen molar-refractivity contribution < 1.29 is 18.1 Å². The summed E-state index contributed by atoms with van der Waals surface area (Å²) in [5.74, 6) is -0.0884. The predicted octanol–water partition coefficient (Wildman–Crippen LogP) is 5.89. The van der Waals surface area contributed by atoms with Crippen LogP contribution in [0.25, 0.3) is 0 Å². The van der Waals surface area contributed by atoms with Gasteiger partial charge in [-0.1, -0.05) is 96.3 Å². The Balaban J connectivity index is 3.05. The zero-order valence-corrected chi connectivity index (χ0v) is 17.2. The van der Waals surface area contributed by atoms with E-state index in [1.165, 1.54) is 77.0 Å². The number of aliphatic hydroxyl groups is 1. The molecule has 152 valence electrons. The van der Waals surface area contributed by atoms with E-state index in [9.17, 15) is 13.5 Å². The average Bonchev–Trinajstić information content (AvgIpc) is 2.52. The monoisotopic (exact) mass is 378 g/mol. The second-order valence-electron chi connectivity index (χ2n) is 7.58. The molecule has 1 atom stereocenters. The summed E-state index contributed by atoms with van der Waals surface area (Å²) in [4.78, 5) is 0. The van der Waals surface area contributed by atoms with E-state index in [4.69, 9.17) is 4.55 Å². The van der Waals surface area contributed by atoms with E-state index >= 15 is 0 Å². The second kappa shape index (κ2) is 17.3. The number of unbranched alkanes of at least 4 members (excludes halogenated alkanes) is 15. The highest BCUT2D eigenvalue weighted by Crippen LogP contribution is 2.14. The maximum Gasteiger partial charge on any atom is 0.264 e. The van der Waals surface area contributed by atoms with Gasteiger partial charge in [-0.3, -0.25) is 4.55 Å². The summed E-state index contributed by atoms with van der Waals surface area (Å²) in [5, 5.41) is 9.18. The molecule has 2 N–H and O–H groups in total. The van der Waals surface area contributed by atoms with Crippen LogP contribution in [0.4, 0.5) is 0 Å². The largest absolute Gasteiger partial charge is 0.393 e. The van der Waals surface area contributed by atoms with Gasteiger partial charge < -0.3 is 5.11 Å². The van der Waals surface area contributed by atoms with E-state index < -0.39 is 10.1 Å². The fourth-order valence-electron chi connectivity index (χ4n) is 3.20. The van der Waals surface area contributed by atoms with Crippen LogP contribution in [0.2, 0.25) is 0 Å². The lowest BCUT2D eigenvalue weighted by Gasteiger charge is -2.04. The molecule has 0 aromatic carbocycles. The summed E-state index contributed by atoms with van der Waals surface area (Å²) in [7, 11) is -3.76. The molecule has 0 aliphatic rings. The van der Waals surface area contributed by atoms with Crippen molar-refractivity contribution in [3.8, 4) is 0 Å². The number of hydrogen-bond acceptors (Lipinski definition) is 3. The van der Waals surface area contributed by atoms with Crippen molar-refractivity contribution in [2.24, 2.45) is 0 Å². The standard InChI is InChI=1S/C20H42O4S/c1-20(21)18-16-14-12-10-8-6-4-2-3-5-7-9-11-13-15-17-19-25(22,23)24/h20-21H,2-19H2,1H3,(H,22,23,24). The number of aliphatic hydroxyl groups excluding tert-OH is 1. The van der Waals surface area contributed by atoms with E-state index in [-0.39, 0.29) is 11.9 Å². The summed E-state index contributed by atoms with van der Waals surface area (Å²) in [6.07, 6.45) is 20.3. The van der Waals surface area contributed by atoms with Crippen LogP contribution >= 0.6 is 0 Å². The Morgan fingerprint density at radius 2 is 0.880 bits per heavy atom. The van der Waals surface area contributed by atoms with Gasteiger partial charge in [0.25, 0.3) is 10.1 Å². The maximum absolute atomic E-state index is 10.6. The number of hydrogen-bond donors (Lipinski definition) is 2. The van der Waals surface area contributed by atoms with Crippen molar-refractivity contribution in [3.05, 3.63) is 0 Å². The zero-order valence-electron chi connectivity index (χ0n) is 16.4. The molecule has 0 fully saturated rings. The smallest absolute Gasteiger partial charge is 0.264 e. The summed E-state index contributed by atoms with van der Waals surface area (Å²) in [6.45, 7) is 1.87. The van der Waals surface area contributed by atoms with Gasteiger partial charge in [0, 0.05) is 0 Å². The highest BCUT2D eigenvalue weighted by Gasteiger charge is 2.02.